The van der Waals surface area contributed by atoms with Gasteiger partial charge in [-0.25, -0.2) is 4.79 Å². The summed E-state index contributed by atoms with van der Waals surface area (Å²) in [7, 11) is 0. The van der Waals surface area contributed by atoms with Crippen LogP contribution in [-0.2, 0) is 30.5 Å². The summed E-state index contributed by atoms with van der Waals surface area (Å²) in [6, 6.07) is 6.65. The van der Waals surface area contributed by atoms with Gasteiger partial charge >= 0.3 is 6.09 Å². The predicted molar refractivity (Wildman–Crippen MR) is 129 cm³/mol. The van der Waals surface area contributed by atoms with Crippen molar-refractivity contribution in [3.8, 4) is 0 Å². The smallest absolute Gasteiger partial charge is 0.408 e. The fourth-order valence-electron chi connectivity index (χ4n) is 3.76. The number of nitrogens with one attached hydrogen (secondary N) is 4. The van der Waals surface area contributed by atoms with Crippen LogP contribution in [0.4, 0.5) is 4.79 Å². The van der Waals surface area contributed by atoms with E-state index in [-0.39, 0.29) is 37.3 Å². The van der Waals surface area contributed by atoms with Gasteiger partial charge in [0.05, 0.1) is 6.04 Å². The number of hydrogen-bond donors (Lipinski definition) is 4. The Kier molecular flexibility index (Phi) is 10.7. The predicted octanol–water partition coefficient (Wildman–Crippen LogP) is 1.43. The first-order chi connectivity index (χ1) is 16.6. The summed E-state index contributed by atoms with van der Waals surface area (Å²) >= 11 is 0. The summed E-state index contributed by atoms with van der Waals surface area (Å²) < 4.78 is 5.23. The van der Waals surface area contributed by atoms with Crippen molar-refractivity contribution < 1.29 is 28.7 Å². The topological polar surface area (TPSA) is 143 Å². The van der Waals surface area contributed by atoms with Crippen LogP contribution in [-0.4, -0.2) is 54.3 Å². The summed E-state index contributed by atoms with van der Waals surface area (Å²) in [4.78, 5) is 62.8. The Morgan fingerprint density at radius 3 is 2.26 bits per heavy atom. The van der Waals surface area contributed by atoms with Gasteiger partial charge in [0.2, 0.25) is 17.6 Å². The van der Waals surface area contributed by atoms with E-state index in [4.69, 9.17) is 4.74 Å². The van der Waals surface area contributed by atoms with E-state index in [1.54, 1.807) is 13.8 Å². The molecule has 0 radical (unpaired) electrons. The molecule has 4 amide bonds. The number of ketones is 1. The zero-order valence-corrected chi connectivity index (χ0v) is 20.8. The van der Waals surface area contributed by atoms with Crippen molar-refractivity contribution >= 4 is 29.6 Å². The summed E-state index contributed by atoms with van der Waals surface area (Å²) in [5.41, 5.74) is 0.796. The van der Waals surface area contributed by atoms with Crippen LogP contribution >= 0.6 is 0 Å². The lowest BCUT2D eigenvalue weighted by Gasteiger charge is -2.25. The first-order valence-electron chi connectivity index (χ1n) is 12.0. The van der Waals surface area contributed by atoms with E-state index in [0.29, 0.717) is 13.0 Å². The molecule has 1 unspecified atom stereocenters. The van der Waals surface area contributed by atoms with E-state index >= 15 is 0 Å². The molecule has 1 saturated heterocycles. The Labute approximate surface area is 205 Å². The molecule has 0 aliphatic carbocycles. The third-order valence-corrected chi connectivity index (χ3v) is 5.49. The lowest BCUT2D eigenvalue weighted by molar-refractivity contribution is -0.141. The fraction of sp³-hybridized carbons (Fsp3) is 0.560. The van der Waals surface area contributed by atoms with Crippen LogP contribution < -0.4 is 21.3 Å². The second kappa shape index (κ2) is 13.5. The Morgan fingerprint density at radius 2 is 1.69 bits per heavy atom. The maximum atomic E-state index is 13.1. The summed E-state index contributed by atoms with van der Waals surface area (Å²) in [5.74, 6) is -2.96. The number of rotatable bonds is 12. The van der Waals surface area contributed by atoms with Crippen LogP contribution in [0.2, 0.25) is 0 Å². The number of carbonyl (C=O) groups is 5. The van der Waals surface area contributed by atoms with Crippen LogP contribution in [0.25, 0.3) is 0 Å². The number of ether oxygens (including phenoxy) is 1. The van der Waals surface area contributed by atoms with Gasteiger partial charge in [0, 0.05) is 18.5 Å². The van der Waals surface area contributed by atoms with Crippen LogP contribution in [0.5, 0.6) is 0 Å². The SMILES string of the molecule is CC(C)C[C@H](NC(=O)OCc1ccccc1)C(=O)N[C@@H](CC1CCNC1=O)C(=O)C(=O)NC(C)C. The molecule has 0 saturated carbocycles. The largest absolute Gasteiger partial charge is 0.445 e. The van der Waals surface area contributed by atoms with Gasteiger partial charge in [-0.1, -0.05) is 44.2 Å². The first-order valence-corrected chi connectivity index (χ1v) is 12.0. The van der Waals surface area contributed by atoms with Crippen molar-refractivity contribution in [1.82, 2.24) is 21.3 Å². The molecule has 10 nitrogen and oxygen atoms in total. The number of amides is 4. The van der Waals surface area contributed by atoms with Crippen molar-refractivity contribution in [3.05, 3.63) is 35.9 Å². The number of Topliss-reactive ketones (excluding diaryl/α,β-unsaturated/α-hetero) is 1. The molecule has 1 aromatic carbocycles. The van der Waals surface area contributed by atoms with E-state index in [1.807, 2.05) is 44.2 Å². The van der Waals surface area contributed by atoms with Crippen LogP contribution in [0.15, 0.2) is 30.3 Å². The molecule has 3 atom stereocenters. The molecule has 35 heavy (non-hydrogen) atoms. The van der Waals surface area contributed by atoms with Crippen LogP contribution in [0, 0.1) is 11.8 Å². The molecule has 1 aromatic rings. The van der Waals surface area contributed by atoms with Gasteiger partial charge in [-0.2, -0.15) is 0 Å². The van der Waals surface area contributed by atoms with E-state index in [1.165, 1.54) is 0 Å². The van der Waals surface area contributed by atoms with Gasteiger partial charge in [0.15, 0.2) is 0 Å². The Bertz CT molecular complexity index is 902. The minimum absolute atomic E-state index is 0.00518. The molecule has 1 aliphatic heterocycles. The molecule has 1 heterocycles. The summed E-state index contributed by atoms with van der Waals surface area (Å²) in [6.45, 7) is 7.72. The van der Waals surface area contributed by atoms with Gasteiger partial charge in [0.25, 0.3) is 5.91 Å². The highest BCUT2D eigenvalue weighted by Gasteiger charge is 2.35. The van der Waals surface area contributed by atoms with Crippen LogP contribution in [0.1, 0.15) is 52.5 Å². The average molecular weight is 489 g/mol. The van der Waals surface area contributed by atoms with E-state index in [2.05, 4.69) is 21.3 Å². The monoisotopic (exact) mass is 488 g/mol. The quantitative estimate of drug-likeness (QED) is 0.328. The fourth-order valence-corrected chi connectivity index (χ4v) is 3.76. The molecular weight excluding hydrogens is 452 g/mol. The van der Waals surface area contributed by atoms with Crippen LogP contribution in [0.3, 0.4) is 0 Å². The summed E-state index contributed by atoms with van der Waals surface area (Å²) in [5, 5.41) is 10.4. The zero-order valence-electron chi connectivity index (χ0n) is 20.8. The standard InChI is InChI=1S/C25H36N4O6/c1-15(2)12-20(29-25(34)35-14-17-8-6-5-7-9-17)23(32)28-19(13-18-10-11-26-22(18)31)21(30)24(33)27-16(3)4/h5-9,15-16,18-20H,10-14H2,1-4H3,(H,26,31)(H,27,33)(H,28,32)(H,29,34)/t18?,19-,20-/m0/s1. The highest BCUT2D eigenvalue weighted by Crippen LogP contribution is 2.17. The normalized spacial score (nSPS) is 16.9. The maximum absolute atomic E-state index is 13.1. The molecule has 0 spiro atoms. The number of hydrogen-bond acceptors (Lipinski definition) is 6. The minimum atomic E-state index is -1.20. The minimum Gasteiger partial charge on any atom is -0.445 e. The molecule has 10 heteroatoms. The Hall–Kier alpha value is -3.43. The highest BCUT2D eigenvalue weighted by atomic mass is 16.5. The first kappa shape index (κ1) is 27.8. The van der Waals surface area contributed by atoms with Gasteiger partial charge in [0.1, 0.15) is 12.6 Å². The number of carbonyl (C=O) groups excluding carboxylic acids is 5. The molecule has 2 rings (SSSR count). The molecule has 4 N–H and O–H groups in total. The second-order valence-corrected chi connectivity index (χ2v) is 9.45. The van der Waals surface area contributed by atoms with Crippen molar-refractivity contribution in [2.24, 2.45) is 11.8 Å². The van der Waals surface area contributed by atoms with Crippen molar-refractivity contribution in [1.29, 1.82) is 0 Å². The van der Waals surface area contributed by atoms with E-state index in [0.717, 1.165) is 5.56 Å². The second-order valence-electron chi connectivity index (χ2n) is 9.45. The molecule has 0 aromatic heterocycles. The lowest BCUT2D eigenvalue weighted by Crippen LogP contribution is -2.55. The van der Waals surface area contributed by atoms with Gasteiger partial charge < -0.3 is 26.0 Å². The van der Waals surface area contributed by atoms with Gasteiger partial charge in [-0.3, -0.25) is 19.2 Å². The third-order valence-electron chi connectivity index (χ3n) is 5.49. The Morgan fingerprint density at radius 1 is 1.00 bits per heavy atom. The molecule has 0 bridgehead atoms. The maximum Gasteiger partial charge on any atom is 0.408 e. The third kappa shape index (κ3) is 9.38. The Balaban J connectivity index is 2.09. The van der Waals surface area contributed by atoms with Crippen molar-refractivity contribution in [3.63, 3.8) is 0 Å². The average Bonchev–Trinajstić information content (AvgIpc) is 3.20. The summed E-state index contributed by atoms with van der Waals surface area (Å²) in [6.07, 6.45) is 0.0126. The zero-order chi connectivity index (χ0) is 26.0. The van der Waals surface area contributed by atoms with E-state index in [9.17, 15) is 24.0 Å². The van der Waals surface area contributed by atoms with E-state index < -0.39 is 41.7 Å². The van der Waals surface area contributed by atoms with Crippen molar-refractivity contribution in [2.45, 2.75) is 71.7 Å². The van der Waals surface area contributed by atoms with Gasteiger partial charge in [-0.05, 0) is 44.6 Å². The molecule has 1 aliphatic rings. The molecule has 192 valence electrons. The number of benzene rings is 1. The van der Waals surface area contributed by atoms with Crippen molar-refractivity contribution in [2.75, 3.05) is 6.54 Å². The number of alkyl carbamates (subject to hydrolysis) is 1. The highest BCUT2D eigenvalue weighted by molar-refractivity contribution is 6.38. The molecule has 1 fully saturated rings. The molecular formula is C25H36N4O6. The lowest BCUT2D eigenvalue weighted by atomic mass is 9.94. The van der Waals surface area contributed by atoms with Gasteiger partial charge in [-0.15, -0.1) is 0 Å².